The molecule has 0 amide bonds. The van der Waals surface area contributed by atoms with E-state index in [1.807, 2.05) is 12.1 Å². The molecule has 0 aliphatic carbocycles. The van der Waals surface area contributed by atoms with Gasteiger partial charge in [0.15, 0.2) is 0 Å². The standard InChI is InChI=1S/C9H12BrClN2/c1-2-13(6-5-11)9-4-3-8(10)7-12-9/h3-4,7H,2,5-6H2,1H3. The molecule has 0 aliphatic heterocycles. The lowest BCUT2D eigenvalue weighted by Gasteiger charge is -2.20. The monoisotopic (exact) mass is 262 g/mol. The zero-order chi connectivity index (χ0) is 9.68. The van der Waals surface area contributed by atoms with Gasteiger partial charge in [-0.15, -0.1) is 11.6 Å². The van der Waals surface area contributed by atoms with E-state index in [0.29, 0.717) is 5.88 Å². The molecule has 2 nitrogen and oxygen atoms in total. The lowest BCUT2D eigenvalue weighted by Crippen LogP contribution is -2.25. The van der Waals surface area contributed by atoms with E-state index in [-0.39, 0.29) is 0 Å². The molecule has 0 atom stereocenters. The normalized spacial score (nSPS) is 10.1. The highest BCUT2D eigenvalue weighted by atomic mass is 79.9. The van der Waals surface area contributed by atoms with Gasteiger partial charge in [-0.3, -0.25) is 0 Å². The molecule has 0 aliphatic rings. The van der Waals surface area contributed by atoms with Crippen LogP contribution in [0.1, 0.15) is 6.92 Å². The minimum Gasteiger partial charge on any atom is -0.356 e. The SMILES string of the molecule is CCN(CCCl)c1ccc(Br)cn1. The van der Waals surface area contributed by atoms with E-state index in [0.717, 1.165) is 23.4 Å². The molecule has 0 aromatic carbocycles. The van der Waals surface area contributed by atoms with Crippen molar-refractivity contribution in [1.29, 1.82) is 0 Å². The molecule has 1 heterocycles. The fraction of sp³-hybridized carbons (Fsp3) is 0.444. The van der Waals surface area contributed by atoms with Crippen molar-refractivity contribution >= 4 is 33.3 Å². The first-order valence-corrected chi connectivity index (χ1v) is 5.53. The van der Waals surface area contributed by atoms with Crippen LogP contribution in [0.15, 0.2) is 22.8 Å². The van der Waals surface area contributed by atoms with Crippen LogP contribution in [0, 0.1) is 0 Å². The largest absolute Gasteiger partial charge is 0.356 e. The van der Waals surface area contributed by atoms with Crippen LogP contribution in [-0.2, 0) is 0 Å². The van der Waals surface area contributed by atoms with E-state index < -0.39 is 0 Å². The van der Waals surface area contributed by atoms with Crippen LogP contribution >= 0.6 is 27.5 Å². The zero-order valence-corrected chi connectivity index (χ0v) is 9.85. The van der Waals surface area contributed by atoms with E-state index in [2.05, 4.69) is 32.7 Å². The van der Waals surface area contributed by atoms with Gasteiger partial charge in [0.05, 0.1) is 0 Å². The summed E-state index contributed by atoms with van der Waals surface area (Å²) in [6.07, 6.45) is 1.80. The molecule has 0 saturated carbocycles. The summed E-state index contributed by atoms with van der Waals surface area (Å²) in [6, 6.07) is 3.97. The van der Waals surface area contributed by atoms with Crippen LogP contribution < -0.4 is 4.90 Å². The number of hydrogen-bond donors (Lipinski definition) is 0. The van der Waals surface area contributed by atoms with Crippen molar-refractivity contribution in [2.75, 3.05) is 23.9 Å². The van der Waals surface area contributed by atoms with Crippen molar-refractivity contribution in [3.63, 3.8) is 0 Å². The third-order valence-electron chi connectivity index (χ3n) is 1.77. The molecule has 0 fully saturated rings. The second-order valence-electron chi connectivity index (χ2n) is 2.60. The second-order valence-corrected chi connectivity index (χ2v) is 3.90. The third kappa shape index (κ3) is 3.16. The fourth-order valence-corrected chi connectivity index (χ4v) is 1.53. The third-order valence-corrected chi connectivity index (χ3v) is 2.41. The van der Waals surface area contributed by atoms with Gasteiger partial charge >= 0.3 is 0 Å². The van der Waals surface area contributed by atoms with E-state index >= 15 is 0 Å². The number of anilines is 1. The summed E-state index contributed by atoms with van der Waals surface area (Å²) in [7, 11) is 0. The Morgan fingerprint density at radius 3 is 2.77 bits per heavy atom. The second kappa shape index (κ2) is 5.45. The van der Waals surface area contributed by atoms with Crippen molar-refractivity contribution in [3.05, 3.63) is 22.8 Å². The minimum atomic E-state index is 0.631. The summed E-state index contributed by atoms with van der Waals surface area (Å²) >= 11 is 9.03. The average Bonchev–Trinajstić information content (AvgIpc) is 2.16. The summed E-state index contributed by atoms with van der Waals surface area (Å²) in [5, 5.41) is 0. The first kappa shape index (κ1) is 10.8. The van der Waals surface area contributed by atoms with Gasteiger partial charge in [-0.05, 0) is 35.0 Å². The molecule has 4 heteroatoms. The predicted octanol–water partition coefficient (Wildman–Crippen LogP) is 2.91. The Bertz CT molecular complexity index is 250. The zero-order valence-electron chi connectivity index (χ0n) is 7.50. The summed E-state index contributed by atoms with van der Waals surface area (Å²) in [5.41, 5.74) is 0. The van der Waals surface area contributed by atoms with Gasteiger partial charge in [-0.2, -0.15) is 0 Å². The predicted molar refractivity (Wildman–Crippen MR) is 60.5 cm³/mol. The molecule has 13 heavy (non-hydrogen) atoms. The molecule has 0 unspecified atom stereocenters. The highest BCUT2D eigenvalue weighted by Crippen LogP contribution is 2.14. The molecular formula is C9H12BrClN2. The lowest BCUT2D eigenvalue weighted by molar-refractivity contribution is 0.849. The fourth-order valence-electron chi connectivity index (χ4n) is 1.09. The van der Waals surface area contributed by atoms with E-state index in [1.54, 1.807) is 6.20 Å². The Morgan fingerprint density at radius 2 is 2.31 bits per heavy atom. The van der Waals surface area contributed by atoms with Crippen LogP contribution in [0.25, 0.3) is 0 Å². The van der Waals surface area contributed by atoms with Gasteiger partial charge in [0.25, 0.3) is 0 Å². The van der Waals surface area contributed by atoms with Gasteiger partial charge in [-0.25, -0.2) is 4.98 Å². The number of alkyl halides is 1. The Morgan fingerprint density at radius 1 is 1.54 bits per heavy atom. The van der Waals surface area contributed by atoms with Crippen LogP contribution in [0.4, 0.5) is 5.82 Å². The molecule has 0 bridgehead atoms. The molecule has 1 aromatic rings. The maximum atomic E-state index is 5.68. The number of rotatable bonds is 4. The van der Waals surface area contributed by atoms with Crippen LogP contribution in [0.5, 0.6) is 0 Å². The van der Waals surface area contributed by atoms with Crippen LogP contribution in [-0.4, -0.2) is 24.0 Å². The first-order chi connectivity index (χ1) is 6.27. The van der Waals surface area contributed by atoms with Crippen LogP contribution in [0.3, 0.4) is 0 Å². The van der Waals surface area contributed by atoms with Crippen LogP contribution in [0.2, 0.25) is 0 Å². The summed E-state index contributed by atoms with van der Waals surface area (Å²) in [5.74, 6) is 1.61. The molecule has 0 saturated heterocycles. The Labute approximate surface area is 92.0 Å². The summed E-state index contributed by atoms with van der Waals surface area (Å²) in [4.78, 5) is 6.43. The Balaban J connectivity index is 2.73. The van der Waals surface area contributed by atoms with Crippen molar-refractivity contribution < 1.29 is 0 Å². The van der Waals surface area contributed by atoms with Gasteiger partial charge in [0.2, 0.25) is 0 Å². The minimum absolute atomic E-state index is 0.631. The number of aromatic nitrogens is 1. The topological polar surface area (TPSA) is 16.1 Å². The highest BCUT2D eigenvalue weighted by molar-refractivity contribution is 9.10. The number of halogens is 2. The average molecular weight is 264 g/mol. The Hall–Kier alpha value is -0.280. The van der Waals surface area contributed by atoms with Crippen molar-refractivity contribution in [3.8, 4) is 0 Å². The number of hydrogen-bond acceptors (Lipinski definition) is 2. The molecule has 1 rings (SSSR count). The molecule has 72 valence electrons. The van der Waals surface area contributed by atoms with Crippen molar-refractivity contribution in [1.82, 2.24) is 4.98 Å². The number of nitrogens with zero attached hydrogens (tertiary/aromatic N) is 2. The van der Waals surface area contributed by atoms with Gasteiger partial charge < -0.3 is 4.90 Å². The number of pyridine rings is 1. The molecule has 0 radical (unpaired) electrons. The summed E-state index contributed by atoms with van der Waals surface area (Å²) in [6.45, 7) is 3.87. The first-order valence-electron chi connectivity index (χ1n) is 4.20. The Kier molecular flexibility index (Phi) is 4.53. The smallest absolute Gasteiger partial charge is 0.128 e. The van der Waals surface area contributed by atoms with Gasteiger partial charge in [-0.1, -0.05) is 0 Å². The van der Waals surface area contributed by atoms with E-state index in [1.165, 1.54) is 0 Å². The van der Waals surface area contributed by atoms with Gasteiger partial charge in [0.1, 0.15) is 5.82 Å². The maximum Gasteiger partial charge on any atom is 0.128 e. The van der Waals surface area contributed by atoms with E-state index in [4.69, 9.17) is 11.6 Å². The lowest BCUT2D eigenvalue weighted by atomic mass is 10.4. The maximum absolute atomic E-state index is 5.68. The molecule has 0 spiro atoms. The molecular weight excluding hydrogens is 251 g/mol. The molecule has 0 N–H and O–H groups in total. The van der Waals surface area contributed by atoms with E-state index in [9.17, 15) is 0 Å². The highest BCUT2D eigenvalue weighted by Gasteiger charge is 2.03. The quantitative estimate of drug-likeness (QED) is 0.777. The van der Waals surface area contributed by atoms with Crippen molar-refractivity contribution in [2.45, 2.75) is 6.92 Å². The summed E-state index contributed by atoms with van der Waals surface area (Å²) < 4.78 is 0.998. The molecule has 1 aromatic heterocycles. The van der Waals surface area contributed by atoms with Crippen molar-refractivity contribution in [2.24, 2.45) is 0 Å². The van der Waals surface area contributed by atoms with Gasteiger partial charge in [0, 0.05) is 29.6 Å².